The van der Waals surface area contributed by atoms with Crippen molar-refractivity contribution >= 4 is 41.5 Å². The van der Waals surface area contributed by atoms with E-state index in [9.17, 15) is 4.79 Å². The van der Waals surface area contributed by atoms with Crippen LogP contribution in [0.2, 0.25) is 0 Å². The van der Waals surface area contributed by atoms with Crippen LogP contribution < -0.4 is 25.4 Å². The van der Waals surface area contributed by atoms with Crippen molar-refractivity contribution in [2.45, 2.75) is 20.4 Å². The summed E-state index contributed by atoms with van der Waals surface area (Å²) in [6, 6.07) is 13.0. The molecule has 7 nitrogen and oxygen atoms in total. The highest BCUT2D eigenvalue weighted by atomic mass is 127. The summed E-state index contributed by atoms with van der Waals surface area (Å²) < 4.78 is 10.6. The number of anilines is 1. The van der Waals surface area contributed by atoms with E-state index in [0.717, 1.165) is 17.8 Å². The summed E-state index contributed by atoms with van der Waals surface area (Å²) in [7, 11) is 3.21. The van der Waals surface area contributed by atoms with Crippen LogP contribution in [0.4, 0.5) is 5.69 Å². The van der Waals surface area contributed by atoms with Crippen LogP contribution in [-0.2, 0) is 6.54 Å². The Kier molecular flexibility index (Phi) is 10.9. The lowest BCUT2D eigenvalue weighted by molar-refractivity contribution is 0.0956. The number of carbonyl (C=O) groups is 1. The summed E-state index contributed by atoms with van der Waals surface area (Å²) in [5.41, 5.74) is 2.49. The van der Waals surface area contributed by atoms with Crippen LogP contribution in [0.1, 0.15) is 29.8 Å². The van der Waals surface area contributed by atoms with Gasteiger partial charge in [0.15, 0.2) is 17.5 Å². The SMILES string of the molecule is CCNC(=O)c1ccc(CN=C(NCC)Nc2ccc(OC)c(OC)c2)cc1.I. The molecule has 2 aromatic carbocycles. The Morgan fingerprint density at radius 1 is 0.931 bits per heavy atom. The molecule has 1 amide bonds. The zero-order chi connectivity index (χ0) is 20.4. The molecule has 0 atom stereocenters. The molecule has 2 rings (SSSR count). The first-order chi connectivity index (χ1) is 13.6. The average molecular weight is 512 g/mol. The standard InChI is InChI=1S/C21H28N4O3.HI/c1-5-22-20(26)16-9-7-15(8-10-16)14-24-21(23-6-2)25-17-11-12-18(27-3)19(13-17)28-4;/h7-13H,5-6,14H2,1-4H3,(H,22,26)(H2,23,24,25);1H. The fourth-order valence-electron chi connectivity index (χ4n) is 2.55. The van der Waals surface area contributed by atoms with E-state index in [1.54, 1.807) is 14.2 Å². The maximum absolute atomic E-state index is 11.8. The number of hydrogen-bond acceptors (Lipinski definition) is 4. The molecule has 2 aromatic rings. The van der Waals surface area contributed by atoms with Crippen LogP contribution in [0, 0.1) is 0 Å². The summed E-state index contributed by atoms with van der Waals surface area (Å²) in [4.78, 5) is 16.4. The molecule has 158 valence electrons. The molecule has 0 bridgehead atoms. The largest absolute Gasteiger partial charge is 0.493 e. The third kappa shape index (κ3) is 7.45. The number of methoxy groups -OCH3 is 2. The number of benzene rings is 2. The minimum Gasteiger partial charge on any atom is -0.493 e. The average Bonchev–Trinajstić information content (AvgIpc) is 2.72. The molecule has 0 heterocycles. The van der Waals surface area contributed by atoms with E-state index in [-0.39, 0.29) is 29.9 Å². The lowest BCUT2D eigenvalue weighted by Crippen LogP contribution is -2.30. The van der Waals surface area contributed by atoms with Crippen molar-refractivity contribution in [3.8, 4) is 11.5 Å². The highest BCUT2D eigenvalue weighted by Gasteiger charge is 2.07. The molecule has 3 N–H and O–H groups in total. The zero-order valence-corrected chi connectivity index (χ0v) is 19.6. The second-order valence-electron chi connectivity index (χ2n) is 5.95. The van der Waals surface area contributed by atoms with Gasteiger partial charge >= 0.3 is 0 Å². The van der Waals surface area contributed by atoms with Gasteiger partial charge in [0.2, 0.25) is 0 Å². The maximum Gasteiger partial charge on any atom is 0.251 e. The topological polar surface area (TPSA) is 84.0 Å². The first-order valence-electron chi connectivity index (χ1n) is 9.25. The quantitative estimate of drug-likeness (QED) is 0.286. The molecule has 0 aliphatic carbocycles. The second kappa shape index (κ2) is 12.9. The summed E-state index contributed by atoms with van der Waals surface area (Å²) in [5, 5.41) is 9.27. The van der Waals surface area contributed by atoms with Crippen LogP contribution >= 0.6 is 24.0 Å². The van der Waals surface area contributed by atoms with E-state index < -0.39 is 0 Å². The van der Waals surface area contributed by atoms with Crippen molar-refractivity contribution in [3.05, 3.63) is 53.6 Å². The summed E-state index contributed by atoms with van der Waals surface area (Å²) in [6.07, 6.45) is 0. The predicted molar refractivity (Wildman–Crippen MR) is 128 cm³/mol. The van der Waals surface area contributed by atoms with Gasteiger partial charge in [-0.2, -0.15) is 0 Å². The molecule has 29 heavy (non-hydrogen) atoms. The highest BCUT2D eigenvalue weighted by Crippen LogP contribution is 2.29. The normalized spacial score (nSPS) is 10.6. The number of hydrogen-bond donors (Lipinski definition) is 3. The van der Waals surface area contributed by atoms with Gasteiger partial charge in [-0.1, -0.05) is 12.1 Å². The Balaban J connectivity index is 0.00000420. The van der Waals surface area contributed by atoms with E-state index in [1.165, 1.54) is 0 Å². The number of ether oxygens (including phenoxy) is 2. The van der Waals surface area contributed by atoms with Crippen molar-refractivity contribution in [3.63, 3.8) is 0 Å². The van der Waals surface area contributed by atoms with Gasteiger partial charge in [0.05, 0.1) is 20.8 Å². The van der Waals surface area contributed by atoms with Crippen LogP contribution in [0.25, 0.3) is 0 Å². The number of guanidine groups is 1. The van der Waals surface area contributed by atoms with E-state index in [1.807, 2.05) is 56.3 Å². The Hall–Kier alpha value is -2.49. The Morgan fingerprint density at radius 3 is 2.17 bits per heavy atom. The van der Waals surface area contributed by atoms with E-state index in [4.69, 9.17) is 9.47 Å². The number of amides is 1. The number of nitrogens with one attached hydrogen (secondary N) is 3. The highest BCUT2D eigenvalue weighted by molar-refractivity contribution is 14.0. The minimum atomic E-state index is -0.0685. The third-order valence-corrected chi connectivity index (χ3v) is 3.96. The number of carbonyl (C=O) groups excluding carboxylic acids is 1. The molecule has 0 saturated heterocycles. The van der Waals surface area contributed by atoms with E-state index in [0.29, 0.717) is 36.1 Å². The molecule has 0 aliphatic heterocycles. The van der Waals surface area contributed by atoms with Crippen molar-refractivity contribution < 1.29 is 14.3 Å². The lowest BCUT2D eigenvalue weighted by Gasteiger charge is -2.14. The summed E-state index contributed by atoms with van der Waals surface area (Å²) in [6.45, 7) is 5.73. The molecule has 0 saturated carbocycles. The maximum atomic E-state index is 11.8. The van der Waals surface area contributed by atoms with Crippen molar-refractivity contribution in [2.75, 3.05) is 32.6 Å². The molecule has 0 aromatic heterocycles. The van der Waals surface area contributed by atoms with Gasteiger partial charge in [0, 0.05) is 30.4 Å². The predicted octanol–water partition coefficient (Wildman–Crippen LogP) is 3.65. The Labute approximate surface area is 189 Å². The van der Waals surface area contributed by atoms with Crippen LogP contribution in [0.5, 0.6) is 11.5 Å². The monoisotopic (exact) mass is 512 g/mol. The van der Waals surface area contributed by atoms with Gasteiger partial charge in [-0.25, -0.2) is 4.99 Å². The first kappa shape index (κ1) is 24.5. The van der Waals surface area contributed by atoms with E-state index in [2.05, 4.69) is 20.9 Å². The zero-order valence-electron chi connectivity index (χ0n) is 17.2. The van der Waals surface area contributed by atoms with Gasteiger partial charge < -0.3 is 25.4 Å². The van der Waals surface area contributed by atoms with Crippen molar-refractivity contribution in [1.82, 2.24) is 10.6 Å². The minimum absolute atomic E-state index is 0. The smallest absolute Gasteiger partial charge is 0.251 e. The lowest BCUT2D eigenvalue weighted by atomic mass is 10.1. The fourth-order valence-corrected chi connectivity index (χ4v) is 2.55. The van der Waals surface area contributed by atoms with Crippen LogP contribution in [0.3, 0.4) is 0 Å². The number of aliphatic imine (C=N–C) groups is 1. The van der Waals surface area contributed by atoms with Crippen LogP contribution in [-0.4, -0.2) is 39.2 Å². The summed E-state index contributed by atoms with van der Waals surface area (Å²) >= 11 is 0. The van der Waals surface area contributed by atoms with Gasteiger partial charge in [-0.15, -0.1) is 24.0 Å². The molecule has 0 fully saturated rings. The number of halogens is 1. The van der Waals surface area contributed by atoms with E-state index >= 15 is 0 Å². The summed E-state index contributed by atoms with van der Waals surface area (Å²) in [5.74, 6) is 1.90. The number of rotatable bonds is 8. The molecular formula is C21H29IN4O3. The second-order valence-corrected chi connectivity index (χ2v) is 5.95. The molecule has 0 unspecified atom stereocenters. The van der Waals surface area contributed by atoms with Gasteiger partial charge in [0.1, 0.15) is 0 Å². The third-order valence-electron chi connectivity index (χ3n) is 3.96. The molecule has 0 aliphatic rings. The number of nitrogens with zero attached hydrogens (tertiary/aromatic N) is 1. The molecular weight excluding hydrogens is 483 g/mol. The molecule has 8 heteroatoms. The van der Waals surface area contributed by atoms with Crippen molar-refractivity contribution in [1.29, 1.82) is 0 Å². The van der Waals surface area contributed by atoms with Crippen LogP contribution in [0.15, 0.2) is 47.5 Å². The Morgan fingerprint density at radius 2 is 1.59 bits per heavy atom. The fraction of sp³-hybridized carbons (Fsp3) is 0.333. The molecule has 0 spiro atoms. The first-order valence-corrected chi connectivity index (χ1v) is 9.25. The van der Waals surface area contributed by atoms with Crippen molar-refractivity contribution in [2.24, 2.45) is 4.99 Å². The van der Waals surface area contributed by atoms with Gasteiger partial charge in [0.25, 0.3) is 5.91 Å². The Bertz CT molecular complexity index is 810. The van der Waals surface area contributed by atoms with Gasteiger partial charge in [-0.3, -0.25) is 4.79 Å². The van der Waals surface area contributed by atoms with Gasteiger partial charge in [-0.05, 0) is 43.7 Å². The molecule has 0 radical (unpaired) electrons.